The Bertz CT molecular complexity index is 343. The zero-order chi connectivity index (χ0) is 12.7. The van der Waals surface area contributed by atoms with Crippen LogP contribution >= 0.6 is 15.9 Å². The highest BCUT2D eigenvalue weighted by Crippen LogP contribution is 2.19. The third kappa shape index (κ3) is 5.02. The van der Waals surface area contributed by atoms with Crippen LogP contribution in [0.2, 0.25) is 0 Å². The van der Waals surface area contributed by atoms with E-state index in [1.807, 2.05) is 13.8 Å². The molecule has 0 spiro atoms. The van der Waals surface area contributed by atoms with Gasteiger partial charge in [-0.2, -0.15) is 0 Å². The van der Waals surface area contributed by atoms with Crippen molar-refractivity contribution in [2.24, 2.45) is 0 Å². The second-order valence-corrected chi connectivity index (χ2v) is 4.26. The average molecular weight is 306 g/mol. The molecular formula is C12H17BrFNO2. The highest BCUT2D eigenvalue weighted by atomic mass is 79.9. The maximum Gasteiger partial charge on any atom is 0.174 e. The van der Waals surface area contributed by atoms with E-state index in [1.165, 1.54) is 6.07 Å². The number of hydrogen-bond donors (Lipinski definition) is 1. The second kappa shape index (κ2) is 7.63. The summed E-state index contributed by atoms with van der Waals surface area (Å²) in [5.74, 6) is -0.300. The Kier molecular flexibility index (Phi) is 6.47. The van der Waals surface area contributed by atoms with Crippen LogP contribution < -0.4 is 5.32 Å². The predicted octanol–water partition coefficient (Wildman–Crippen LogP) is 3.40. The van der Waals surface area contributed by atoms with Crippen LogP contribution in [0.15, 0.2) is 22.7 Å². The molecule has 0 atom stereocenters. The van der Waals surface area contributed by atoms with E-state index >= 15 is 0 Å². The van der Waals surface area contributed by atoms with Gasteiger partial charge in [-0.3, -0.25) is 0 Å². The van der Waals surface area contributed by atoms with Crippen LogP contribution in [-0.2, 0) is 9.47 Å². The van der Waals surface area contributed by atoms with E-state index in [4.69, 9.17) is 9.47 Å². The molecule has 0 radical (unpaired) electrons. The minimum atomic E-state index is -0.354. The van der Waals surface area contributed by atoms with Gasteiger partial charge in [-0.15, -0.1) is 0 Å². The van der Waals surface area contributed by atoms with Crippen molar-refractivity contribution in [3.05, 3.63) is 28.5 Å². The number of benzene rings is 1. The summed E-state index contributed by atoms with van der Waals surface area (Å²) >= 11 is 3.21. The summed E-state index contributed by atoms with van der Waals surface area (Å²) in [7, 11) is 0. The largest absolute Gasteiger partial charge is 0.378 e. The molecule has 0 unspecified atom stereocenters. The van der Waals surface area contributed by atoms with Crippen molar-refractivity contribution in [3.63, 3.8) is 0 Å². The van der Waals surface area contributed by atoms with E-state index < -0.39 is 0 Å². The molecular weight excluding hydrogens is 289 g/mol. The smallest absolute Gasteiger partial charge is 0.174 e. The van der Waals surface area contributed by atoms with Gasteiger partial charge in [0.25, 0.3) is 0 Å². The van der Waals surface area contributed by atoms with Crippen molar-refractivity contribution in [2.45, 2.75) is 20.1 Å². The molecule has 96 valence electrons. The Morgan fingerprint density at radius 2 is 1.94 bits per heavy atom. The van der Waals surface area contributed by atoms with Gasteiger partial charge in [-0.25, -0.2) is 4.39 Å². The normalized spacial score (nSPS) is 10.9. The first-order valence-corrected chi connectivity index (χ1v) is 6.38. The number of hydrogen-bond acceptors (Lipinski definition) is 3. The lowest BCUT2D eigenvalue weighted by Gasteiger charge is -2.18. The topological polar surface area (TPSA) is 30.5 Å². The first kappa shape index (κ1) is 14.4. The van der Waals surface area contributed by atoms with Crippen LogP contribution in [0.5, 0.6) is 0 Å². The monoisotopic (exact) mass is 305 g/mol. The van der Waals surface area contributed by atoms with Crippen molar-refractivity contribution in [1.82, 2.24) is 0 Å². The minimum Gasteiger partial charge on any atom is -0.378 e. The fourth-order valence-corrected chi connectivity index (χ4v) is 1.70. The van der Waals surface area contributed by atoms with Crippen LogP contribution in [0.4, 0.5) is 10.1 Å². The van der Waals surface area contributed by atoms with E-state index in [1.54, 1.807) is 12.1 Å². The zero-order valence-electron chi connectivity index (χ0n) is 10.0. The van der Waals surface area contributed by atoms with Gasteiger partial charge in [0, 0.05) is 17.7 Å². The molecule has 1 N–H and O–H groups in total. The molecule has 1 rings (SSSR count). The Hall–Kier alpha value is -0.650. The van der Waals surface area contributed by atoms with Crippen LogP contribution in [0.25, 0.3) is 0 Å². The Morgan fingerprint density at radius 3 is 2.47 bits per heavy atom. The van der Waals surface area contributed by atoms with Crippen LogP contribution in [0.3, 0.4) is 0 Å². The third-order valence-electron chi connectivity index (χ3n) is 2.10. The molecule has 0 aromatic heterocycles. The summed E-state index contributed by atoms with van der Waals surface area (Å²) in [6, 6.07) is 4.87. The van der Waals surface area contributed by atoms with Gasteiger partial charge in [0.2, 0.25) is 0 Å². The Morgan fingerprint density at radius 1 is 1.29 bits per heavy atom. The maximum atomic E-state index is 13.5. The van der Waals surface area contributed by atoms with Gasteiger partial charge < -0.3 is 14.8 Å². The molecule has 0 amide bonds. The van der Waals surface area contributed by atoms with E-state index in [-0.39, 0.29) is 12.1 Å². The fourth-order valence-electron chi connectivity index (χ4n) is 1.36. The maximum absolute atomic E-state index is 13.5. The number of halogens is 2. The first-order valence-electron chi connectivity index (χ1n) is 5.59. The number of anilines is 1. The van der Waals surface area contributed by atoms with E-state index in [0.717, 1.165) is 0 Å². The van der Waals surface area contributed by atoms with Crippen molar-refractivity contribution in [1.29, 1.82) is 0 Å². The van der Waals surface area contributed by atoms with Gasteiger partial charge in [0.15, 0.2) is 6.29 Å². The van der Waals surface area contributed by atoms with Gasteiger partial charge in [0.1, 0.15) is 5.82 Å². The van der Waals surface area contributed by atoms with E-state index in [9.17, 15) is 4.39 Å². The zero-order valence-corrected chi connectivity index (χ0v) is 11.6. The van der Waals surface area contributed by atoms with Crippen molar-refractivity contribution >= 4 is 21.6 Å². The summed E-state index contributed by atoms with van der Waals surface area (Å²) in [6.45, 7) is 5.34. The highest BCUT2D eigenvalue weighted by molar-refractivity contribution is 9.10. The molecule has 0 aliphatic carbocycles. The summed E-state index contributed by atoms with van der Waals surface area (Å²) in [5.41, 5.74) is 0.442. The van der Waals surface area contributed by atoms with E-state index in [0.29, 0.717) is 29.9 Å². The lowest BCUT2D eigenvalue weighted by Crippen LogP contribution is -2.26. The van der Waals surface area contributed by atoms with Gasteiger partial charge in [0.05, 0.1) is 12.2 Å². The first-order chi connectivity index (χ1) is 8.17. The number of ether oxygens (including phenoxy) is 2. The molecule has 0 saturated carbocycles. The average Bonchev–Trinajstić information content (AvgIpc) is 2.28. The Balaban J connectivity index is 2.52. The summed E-state index contributed by atoms with van der Waals surface area (Å²) in [5, 5.41) is 2.96. The minimum absolute atomic E-state index is 0.300. The standard InChI is InChI=1S/C12H17BrFNO2/c1-3-16-12(17-4-2)8-15-11-6-5-9(13)7-10(11)14/h5-7,12,15H,3-4,8H2,1-2H3. The molecule has 17 heavy (non-hydrogen) atoms. The third-order valence-corrected chi connectivity index (χ3v) is 2.59. The number of nitrogens with one attached hydrogen (secondary N) is 1. The molecule has 0 aliphatic rings. The highest BCUT2D eigenvalue weighted by Gasteiger charge is 2.09. The molecule has 1 aromatic carbocycles. The molecule has 5 heteroatoms. The van der Waals surface area contributed by atoms with Crippen LogP contribution in [-0.4, -0.2) is 26.0 Å². The quantitative estimate of drug-likeness (QED) is 0.783. The van der Waals surface area contributed by atoms with Gasteiger partial charge in [-0.05, 0) is 32.0 Å². The Labute approximate surface area is 109 Å². The van der Waals surface area contributed by atoms with Crippen molar-refractivity contribution in [2.75, 3.05) is 25.1 Å². The van der Waals surface area contributed by atoms with E-state index in [2.05, 4.69) is 21.2 Å². The SMILES string of the molecule is CCOC(CNc1ccc(Br)cc1F)OCC. The predicted molar refractivity (Wildman–Crippen MR) is 69.6 cm³/mol. The molecule has 1 aromatic rings. The fraction of sp³-hybridized carbons (Fsp3) is 0.500. The lowest BCUT2D eigenvalue weighted by molar-refractivity contribution is -0.126. The molecule has 0 heterocycles. The van der Waals surface area contributed by atoms with Gasteiger partial charge >= 0.3 is 0 Å². The summed E-state index contributed by atoms with van der Waals surface area (Å²) < 4.78 is 24.9. The number of rotatable bonds is 7. The second-order valence-electron chi connectivity index (χ2n) is 3.35. The summed E-state index contributed by atoms with van der Waals surface area (Å²) in [4.78, 5) is 0. The lowest BCUT2D eigenvalue weighted by atomic mass is 10.3. The van der Waals surface area contributed by atoms with Crippen molar-refractivity contribution in [3.8, 4) is 0 Å². The molecule has 0 bridgehead atoms. The molecule has 0 saturated heterocycles. The summed E-state index contributed by atoms with van der Waals surface area (Å²) in [6.07, 6.45) is -0.354. The molecule has 0 aliphatic heterocycles. The van der Waals surface area contributed by atoms with Crippen molar-refractivity contribution < 1.29 is 13.9 Å². The molecule has 3 nitrogen and oxygen atoms in total. The van der Waals surface area contributed by atoms with Crippen LogP contribution in [0.1, 0.15) is 13.8 Å². The van der Waals surface area contributed by atoms with Gasteiger partial charge in [-0.1, -0.05) is 15.9 Å². The van der Waals surface area contributed by atoms with Crippen LogP contribution in [0, 0.1) is 5.82 Å². The molecule has 0 fully saturated rings.